The molecule has 0 atom stereocenters. The van der Waals surface area contributed by atoms with E-state index < -0.39 is 0 Å². The molecule has 0 aromatic carbocycles. The first-order valence-corrected chi connectivity index (χ1v) is 9.37. The maximum Gasteiger partial charge on any atom is 0.103 e. The van der Waals surface area contributed by atoms with E-state index in [1.165, 1.54) is 73.1 Å². The van der Waals surface area contributed by atoms with Gasteiger partial charge in [-0.3, -0.25) is 4.99 Å². The maximum absolute atomic E-state index is 4.41. The number of fused-ring (bicyclic) bond motifs is 1. The first kappa shape index (κ1) is 22.0. The van der Waals surface area contributed by atoms with E-state index in [-0.39, 0.29) is 17.1 Å². The van der Waals surface area contributed by atoms with Crippen molar-refractivity contribution in [2.45, 2.75) is 54.4 Å². The molecule has 0 aromatic rings. The van der Waals surface area contributed by atoms with Crippen LogP contribution in [0.4, 0.5) is 0 Å². The molecule has 0 spiro atoms. The zero-order valence-electron chi connectivity index (χ0n) is 16.9. The van der Waals surface area contributed by atoms with Gasteiger partial charge in [-0.1, -0.05) is 41.5 Å². The zero-order valence-corrected chi connectivity index (χ0v) is 18.0. The minimum absolute atomic E-state index is 0. The molecule has 2 aliphatic heterocycles. The van der Waals surface area contributed by atoms with Crippen LogP contribution >= 0.6 is 0 Å². The van der Waals surface area contributed by atoms with Crippen molar-refractivity contribution in [3.8, 4) is 0 Å². The van der Waals surface area contributed by atoms with E-state index in [1.54, 1.807) is 0 Å². The summed E-state index contributed by atoms with van der Waals surface area (Å²) in [5.74, 6) is 10.0. The van der Waals surface area contributed by atoms with E-state index in [1.807, 2.05) is 6.21 Å². The molecule has 140 valence electrons. The van der Waals surface area contributed by atoms with Crippen LogP contribution in [-0.4, -0.2) is 24.2 Å². The van der Waals surface area contributed by atoms with Crippen LogP contribution in [0.15, 0.2) is 16.8 Å². The second-order valence-corrected chi connectivity index (χ2v) is 7.43. The number of hydrogen-bond acceptors (Lipinski definition) is 2. The molecule has 1 saturated heterocycles. The molecule has 3 heteroatoms. The third-order valence-electron chi connectivity index (χ3n) is 6.10. The third kappa shape index (κ3) is 4.25. The van der Waals surface area contributed by atoms with Crippen molar-refractivity contribution in [1.29, 1.82) is 0 Å². The number of nitrogens with zero attached hydrogens (tertiary/aromatic N) is 2. The van der Waals surface area contributed by atoms with Gasteiger partial charge in [0.05, 0.1) is 5.92 Å². The molecule has 2 aliphatic carbocycles. The normalized spacial score (nSPS) is 27.5. The Hall–Kier alpha value is -0.271. The molecule has 4 aliphatic rings. The van der Waals surface area contributed by atoms with Crippen molar-refractivity contribution < 1.29 is 17.1 Å². The van der Waals surface area contributed by atoms with E-state index >= 15 is 0 Å². The number of allylic oxidation sites excluding steroid dienone is 1. The molecular weight excluding hydrogens is 360 g/mol. The predicted molar refractivity (Wildman–Crippen MR) is 106 cm³/mol. The molecule has 2 heterocycles. The van der Waals surface area contributed by atoms with Crippen molar-refractivity contribution in [2.24, 2.45) is 4.99 Å². The Kier molecular flexibility index (Phi) is 7.86. The molecule has 4 rings (SSSR count). The third-order valence-corrected chi connectivity index (χ3v) is 6.10. The van der Waals surface area contributed by atoms with Gasteiger partial charge in [-0.2, -0.15) is 0 Å². The van der Waals surface area contributed by atoms with Gasteiger partial charge in [-0.05, 0) is 67.3 Å². The van der Waals surface area contributed by atoms with Gasteiger partial charge >= 0.3 is 0 Å². The van der Waals surface area contributed by atoms with Crippen molar-refractivity contribution in [1.82, 2.24) is 4.90 Å². The minimum atomic E-state index is 0. The Bertz CT molecular complexity index is 464. The number of rotatable bonds is 1. The van der Waals surface area contributed by atoms with Gasteiger partial charge in [-0.25, -0.2) is 0 Å². The van der Waals surface area contributed by atoms with Crippen LogP contribution in [0.2, 0.25) is 0 Å². The van der Waals surface area contributed by atoms with Gasteiger partial charge in [0.15, 0.2) is 0 Å². The second-order valence-electron chi connectivity index (χ2n) is 7.43. The van der Waals surface area contributed by atoms with Crippen LogP contribution < -0.4 is 0 Å². The van der Waals surface area contributed by atoms with Gasteiger partial charge in [0, 0.05) is 42.1 Å². The zero-order chi connectivity index (χ0) is 18.1. The van der Waals surface area contributed by atoms with Crippen LogP contribution in [0.1, 0.15) is 54.4 Å². The Balaban J connectivity index is 0.000000195. The first-order valence-electron chi connectivity index (χ1n) is 9.37. The largest absolute Gasteiger partial charge is 0.374 e. The summed E-state index contributed by atoms with van der Waals surface area (Å²) < 4.78 is 0. The van der Waals surface area contributed by atoms with Gasteiger partial charge in [0.2, 0.25) is 0 Å². The van der Waals surface area contributed by atoms with E-state index in [9.17, 15) is 0 Å². The molecule has 0 bridgehead atoms. The summed E-state index contributed by atoms with van der Waals surface area (Å²) >= 11 is 0. The average molecular weight is 390 g/mol. The molecule has 0 N–H and O–H groups in total. The molecule has 0 amide bonds. The quantitative estimate of drug-likeness (QED) is 0.566. The number of hydrogen-bond donors (Lipinski definition) is 0. The Labute approximate surface area is 172 Å². The van der Waals surface area contributed by atoms with Gasteiger partial charge in [0.1, 0.15) is 6.04 Å². The molecule has 10 radical (unpaired) electrons. The van der Waals surface area contributed by atoms with Gasteiger partial charge in [0.25, 0.3) is 0 Å². The smallest absolute Gasteiger partial charge is 0.103 e. The molecular formula is C23H30FeN2. The summed E-state index contributed by atoms with van der Waals surface area (Å²) in [5, 5.41) is 0. The maximum atomic E-state index is 4.41. The molecule has 3 fully saturated rings. The van der Waals surface area contributed by atoms with E-state index in [2.05, 4.69) is 70.4 Å². The fraction of sp³-hybridized carbons (Fsp3) is 0.435. The minimum Gasteiger partial charge on any atom is -0.374 e. The van der Waals surface area contributed by atoms with Crippen LogP contribution in [0, 0.1) is 60.3 Å². The monoisotopic (exact) mass is 390 g/mol. The van der Waals surface area contributed by atoms with Crippen molar-refractivity contribution in [3.05, 3.63) is 72.1 Å². The Morgan fingerprint density at radius 1 is 0.769 bits per heavy atom. The Morgan fingerprint density at radius 3 is 1.77 bits per heavy atom. The standard InChI is InChI=1S/C13H15N2.C10H15.Fe/c1-10-4-5-11-13(10)12(6-7-14-11)15-8-2-3-9-15;1-6-7(2)9(4)10(5)8(6)3;/h4-7H,2-3,8-9H2,1H3;1-5H3;. The summed E-state index contributed by atoms with van der Waals surface area (Å²) in [6, 6.07) is 1.14. The van der Waals surface area contributed by atoms with Crippen LogP contribution in [0.25, 0.3) is 0 Å². The van der Waals surface area contributed by atoms with Gasteiger partial charge < -0.3 is 4.90 Å². The summed E-state index contributed by atoms with van der Waals surface area (Å²) in [4.78, 5) is 6.89. The molecule has 26 heavy (non-hydrogen) atoms. The molecule has 0 aromatic heterocycles. The van der Waals surface area contributed by atoms with E-state index in [4.69, 9.17) is 0 Å². The second kappa shape index (κ2) is 9.28. The molecule has 2 saturated carbocycles. The van der Waals surface area contributed by atoms with Crippen LogP contribution in [0.3, 0.4) is 0 Å². The number of dihydropyridines is 1. The summed E-state index contributed by atoms with van der Waals surface area (Å²) in [6.07, 6.45) is 11.0. The van der Waals surface area contributed by atoms with Crippen molar-refractivity contribution >= 4 is 6.21 Å². The SMILES string of the molecule is C[C]1[CH][CH][C]2N=CC=C(N3CCCC3)[C]12.C[C]1[C](C)[C](C)[C](C)[C]1C.[Fe]. The number of likely N-dealkylation sites (tertiary alicyclic amines) is 1. The van der Waals surface area contributed by atoms with Crippen molar-refractivity contribution in [2.75, 3.05) is 13.1 Å². The average Bonchev–Trinajstić information content (AvgIpc) is 3.32. The summed E-state index contributed by atoms with van der Waals surface area (Å²) in [7, 11) is 0. The van der Waals surface area contributed by atoms with Crippen molar-refractivity contribution in [3.63, 3.8) is 0 Å². The number of aliphatic imine (C=N–C) groups is 1. The Morgan fingerprint density at radius 2 is 1.27 bits per heavy atom. The first-order chi connectivity index (χ1) is 11.9. The van der Waals surface area contributed by atoms with Crippen LogP contribution in [0.5, 0.6) is 0 Å². The van der Waals surface area contributed by atoms with Gasteiger partial charge in [-0.15, -0.1) is 0 Å². The predicted octanol–water partition coefficient (Wildman–Crippen LogP) is 5.14. The van der Waals surface area contributed by atoms with E-state index in [0.29, 0.717) is 0 Å². The van der Waals surface area contributed by atoms with E-state index in [0.717, 1.165) is 6.04 Å². The fourth-order valence-corrected chi connectivity index (χ4v) is 3.91. The fourth-order valence-electron chi connectivity index (χ4n) is 3.91. The summed E-state index contributed by atoms with van der Waals surface area (Å²) in [5.41, 5.74) is 1.38. The topological polar surface area (TPSA) is 15.6 Å². The molecule has 0 unspecified atom stereocenters. The van der Waals surface area contributed by atoms with Crippen LogP contribution in [-0.2, 0) is 17.1 Å². The summed E-state index contributed by atoms with van der Waals surface area (Å²) in [6.45, 7) is 15.6. The molecule has 2 nitrogen and oxygen atoms in total.